The number of halogens is 1. The fraction of sp³-hybridized carbons (Fsp3) is 0.0625. The Morgan fingerprint density at radius 2 is 2.04 bits per heavy atom. The number of amides is 1. The zero-order valence-electron chi connectivity index (χ0n) is 11.9. The summed E-state index contributed by atoms with van der Waals surface area (Å²) in [7, 11) is 0. The third kappa shape index (κ3) is 4.20. The Labute approximate surface area is 145 Å². The topological polar surface area (TPSA) is 67.5 Å². The van der Waals surface area contributed by atoms with Gasteiger partial charge in [0.25, 0.3) is 11.1 Å². The van der Waals surface area contributed by atoms with Gasteiger partial charge in [-0.05, 0) is 18.2 Å². The number of nitrogens with zero attached hydrogens (tertiary/aromatic N) is 2. The van der Waals surface area contributed by atoms with Crippen LogP contribution < -0.4 is 5.43 Å². The van der Waals surface area contributed by atoms with Gasteiger partial charge in [-0.2, -0.15) is 5.10 Å². The van der Waals surface area contributed by atoms with Crippen molar-refractivity contribution in [1.82, 2.24) is 10.4 Å². The van der Waals surface area contributed by atoms with Crippen molar-refractivity contribution in [2.45, 2.75) is 5.22 Å². The van der Waals surface area contributed by atoms with Crippen molar-refractivity contribution in [3.63, 3.8) is 0 Å². The second-order valence-corrected chi connectivity index (χ2v) is 6.33. The Morgan fingerprint density at radius 1 is 1.26 bits per heavy atom. The summed E-state index contributed by atoms with van der Waals surface area (Å²) < 4.78 is 6.45. The molecule has 23 heavy (non-hydrogen) atoms. The van der Waals surface area contributed by atoms with Gasteiger partial charge in [0.05, 0.1) is 12.0 Å². The molecule has 7 heteroatoms. The predicted molar refractivity (Wildman–Crippen MR) is 94.6 cm³/mol. The zero-order valence-corrected chi connectivity index (χ0v) is 14.3. The van der Waals surface area contributed by atoms with Crippen LogP contribution in [0.4, 0.5) is 0 Å². The van der Waals surface area contributed by atoms with Gasteiger partial charge in [0.15, 0.2) is 5.58 Å². The van der Waals surface area contributed by atoms with E-state index in [2.05, 4.69) is 31.4 Å². The largest absolute Gasteiger partial charge is 0.431 e. The monoisotopic (exact) mass is 389 g/mol. The maximum atomic E-state index is 11.8. The number of hydrogen-bond donors (Lipinski definition) is 1. The van der Waals surface area contributed by atoms with E-state index in [4.69, 9.17) is 4.42 Å². The minimum Gasteiger partial charge on any atom is -0.431 e. The molecule has 0 atom stereocenters. The van der Waals surface area contributed by atoms with Gasteiger partial charge in [0.1, 0.15) is 5.52 Å². The van der Waals surface area contributed by atoms with E-state index in [-0.39, 0.29) is 11.7 Å². The lowest BCUT2D eigenvalue weighted by atomic mass is 10.2. The van der Waals surface area contributed by atoms with Gasteiger partial charge in [-0.25, -0.2) is 10.4 Å². The van der Waals surface area contributed by atoms with Crippen molar-refractivity contribution in [3.8, 4) is 0 Å². The van der Waals surface area contributed by atoms with Crippen molar-refractivity contribution in [2.24, 2.45) is 5.10 Å². The van der Waals surface area contributed by atoms with Gasteiger partial charge < -0.3 is 4.42 Å². The molecule has 2 aromatic carbocycles. The smallest absolute Gasteiger partial charge is 0.257 e. The number of nitrogens with one attached hydrogen (secondary N) is 1. The molecule has 1 amide bonds. The van der Waals surface area contributed by atoms with E-state index < -0.39 is 0 Å². The minimum atomic E-state index is -0.222. The Morgan fingerprint density at radius 3 is 2.87 bits per heavy atom. The molecule has 0 unspecified atom stereocenters. The first kappa shape index (κ1) is 15.8. The van der Waals surface area contributed by atoms with Crippen LogP contribution in [0.25, 0.3) is 11.1 Å². The highest BCUT2D eigenvalue weighted by molar-refractivity contribution is 9.10. The van der Waals surface area contributed by atoms with Crippen LogP contribution in [0, 0.1) is 0 Å². The molecule has 5 nitrogen and oxygen atoms in total. The van der Waals surface area contributed by atoms with Gasteiger partial charge >= 0.3 is 0 Å². The molecule has 1 heterocycles. The van der Waals surface area contributed by atoms with E-state index in [1.807, 2.05) is 48.5 Å². The average Bonchev–Trinajstić information content (AvgIpc) is 2.98. The summed E-state index contributed by atoms with van der Waals surface area (Å²) in [6.07, 6.45) is 1.59. The molecule has 3 aromatic rings. The SMILES string of the molecule is O=C(CSc1nc2ccccc2o1)N/N=C/c1ccccc1Br. The maximum Gasteiger partial charge on any atom is 0.257 e. The van der Waals surface area contributed by atoms with Gasteiger partial charge in [-0.3, -0.25) is 4.79 Å². The summed E-state index contributed by atoms with van der Waals surface area (Å²) in [4.78, 5) is 16.1. The summed E-state index contributed by atoms with van der Waals surface area (Å²) in [5.74, 6) is -0.0410. The normalized spacial score (nSPS) is 11.2. The number of carbonyl (C=O) groups excluding carboxylic acids is 1. The van der Waals surface area contributed by atoms with Crippen molar-refractivity contribution >= 4 is 50.9 Å². The third-order valence-electron chi connectivity index (χ3n) is 2.90. The van der Waals surface area contributed by atoms with Crippen LogP contribution in [0.5, 0.6) is 0 Å². The number of fused-ring (bicyclic) bond motifs is 1. The molecular weight excluding hydrogens is 378 g/mol. The Kier molecular flexibility index (Phi) is 5.09. The highest BCUT2D eigenvalue weighted by Crippen LogP contribution is 2.22. The second kappa shape index (κ2) is 7.43. The molecule has 0 fully saturated rings. The number of thioether (sulfide) groups is 1. The molecule has 0 spiro atoms. The zero-order chi connectivity index (χ0) is 16.1. The number of carbonyl (C=O) groups is 1. The molecule has 0 saturated heterocycles. The highest BCUT2D eigenvalue weighted by atomic mass is 79.9. The van der Waals surface area contributed by atoms with Crippen LogP contribution in [0.15, 0.2) is 67.7 Å². The summed E-state index contributed by atoms with van der Waals surface area (Å²) in [5, 5.41) is 4.41. The summed E-state index contributed by atoms with van der Waals surface area (Å²) in [6.45, 7) is 0. The number of oxazole rings is 1. The Balaban J connectivity index is 1.52. The van der Waals surface area contributed by atoms with E-state index in [9.17, 15) is 4.79 Å². The van der Waals surface area contributed by atoms with Crippen LogP contribution in [0.1, 0.15) is 5.56 Å². The molecular formula is C16H12BrN3O2S. The van der Waals surface area contributed by atoms with Crippen LogP contribution in [-0.4, -0.2) is 22.9 Å². The van der Waals surface area contributed by atoms with Crippen LogP contribution in [-0.2, 0) is 4.79 Å². The van der Waals surface area contributed by atoms with Crippen LogP contribution in [0.3, 0.4) is 0 Å². The lowest BCUT2D eigenvalue weighted by Crippen LogP contribution is -2.19. The van der Waals surface area contributed by atoms with E-state index in [1.165, 1.54) is 11.8 Å². The lowest BCUT2D eigenvalue weighted by Gasteiger charge is -1.98. The molecule has 0 aliphatic heterocycles. The number of rotatable bonds is 5. The van der Waals surface area contributed by atoms with Gasteiger partial charge in [0.2, 0.25) is 0 Å². The lowest BCUT2D eigenvalue weighted by molar-refractivity contribution is -0.118. The highest BCUT2D eigenvalue weighted by Gasteiger charge is 2.08. The molecule has 1 N–H and O–H groups in total. The molecule has 116 valence electrons. The van der Waals surface area contributed by atoms with E-state index in [0.717, 1.165) is 15.6 Å². The molecule has 0 radical (unpaired) electrons. The maximum absolute atomic E-state index is 11.8. The second-order valence-electron chi connectivity index (χ2n) is 4.55. The number of hydrogen-bond acceptors (Lipinski definition) is 5. The van der Waals surface area contributed by atoms with Crippen LogP contribution in [0.2, 0.25) is 0 Å². The number of aromatic nitrogens is 1. The number of hydrazone groups is 1. The first-order chi connectivity index (χ1) is 11.2. The molecule has 3 rings (SSSR count). The van der Waals surface area contributed by atoms with E-state index in [1.54, 1.807) is 6.21 Å². The molecule has 0 saturated carbocycles. The summed E-state index contributed by atoms with van der Waals surface area (Å²) >= 11 is 4.64. The van der Waals surface area contributed by atoms with Crippen molar-refractivity contribution < 1.29 is 9.21 Å². The average molecular weight is 390 g/mol. The van der Waals surface area contributed by atoms with Crippen molar-refractivity contribution in [3.05, 3.63) is 58.6 Å². The number of para-hydroxylation sites is 2. The molecule has 0 aliphatic rings. The molecule has 1 aromatic heterocycles. The van der Waals surface area contributed by atoms with E-state index in [0.29, 0.717) is 10.8 Å². The third-order valence-corrected chi connectivity index (χ3v) is 4.45. The fourth-order valence-electron chi connectivity index (χ4n) is 1.83. The quantitative estimate of drug-likeness (QED) is 0.409. The molecule has 0 aliphatic carbocycles. The Hall–Kier alpha value is -2.12. The first-order valence-corrected chi connectivity index (χ1v) is 8.55. The fourth-order valence-corrected chi connectivity index (χ4v) is 2.84. The van der Waals surface area contributed by atoms with Gasteiger partial charge in [-0.1, -0.05) is 58.0 Å². The van der Waals surface area contributed by atoms with Crippen molar-refractivity contribution in [1.29, 1.82) is 0 Å². The predicted octanol–water partition coefficient (Wildman–Crippen LogP) is 3.83. The van der Waals surface area contributed by atoms with Crippen LogP contribution >= 0.6 is 27.7 Å². The minimum absolute atomic E-state index is 0.181. The van der Waals surface area contributed by atoms with Gasteiger partial charge in [-0.15, -0.1) is 0 Å². The standard InChI is InChI=1S/C16H12BrN3O2S/c17-12-6-2-1-5-11(12)9-18-20-15(21)10-23-16-19-13-7-3-4-8-14(13)22-16/h1-9H,10H2,(H,20,21)/b18-9+. The van der Waals surface area contributed by atoms with E-state index >= 15 is 0 Å². The first-order valence-electron chi connectivity index (χ1n) is 6.77. The summed E-state index contributed by atoms with van der Waals surface area (Å²) in [5.41, 5.74) is 4.86. The van der Waals surface area contributed by atoms with Gasteiger partial charge in [0, 0.05) is 10.0 Å². The van der Waals surface area contributed by atoms with Crippen molar-refractivity contribution in [2.75, 3.05) is 5.75 Å². The molecule has 0 bridgehead atoms. The Bertz CT molecular complexity index is 830. The number of benzene rings is 2. The summed E-state index contributed by atoms with van der Waals surface area (Å²) in [6, 6.07) is 15.1.